The number of aromatic nitrogens is 2. The van der Waals surface area contributed by atoms with Gasteiger partial charge >= 0.3 is 0 Å². The number of nitrogens with one attached hydrogen (secondary N) is 1. The van der Waals surface area contributed by atoms with Crippen molar-refractivity contribution in [3.63, 3.8) is 0 Å². The minimum absolute atomic E-state index is 0.118. The van der Waals surface area contributed by atoms with Crippen molar-refractivity contribution in [1.82, 2.24) is 9.97 Å². The SMILES string of the molecule is CCSc1ccccc1C(=O)Nc1nc2ccc3nc(C)sc3c2s1. The van der Waals surface area contributed by atoms with E-state index < -0.39 is 0 Å². The molecule has 2 aromatic heterocycles. The van der Waals surface area contributed by atoms with Crippen LogP contribution in [0.5, 0.6) is 0 Å². The Hall–Kier alpha value is -1.96. The number of thiazole rings is 2. The summed E-state index contributed by atoms with van der Waals surface area (Å²) in [5.74, 6) is 0.807. The summed E-state index contributed by atoms with van der Waals surface area (Å²) in [5.41, 5.74) is 2.57. The van der Waals surface area contributed by atoms with Gasteiger partial charge in [0.05, 0.1) is 31.0 Å². The molecule has 0 unspecified atom stereocenters. The molecule has 0 aliphatic carbocycles. The van der Waals surface area contributed by atoms with Gasteiger partial charge in [0.2, 0.25) is 0 Å². The Bertz CT molecular complexity index is 1080. The number of thioether (sulfide) groups is 1. The van der Waals surface area contributed by atoms with E-state index in [1.165, 1.54) is 11.3 Å². The fourth-order valence-corrected chi connectivity index (χ4v) is 5.44. The average molecular weight is 386 g/mol. The molecular weight excluding hydrogens is 370 g/mol. The third-order valence-electron chi connectivity index (χ3n) is 3.67. The van der Waals surface area contributed by atoms with Crippen molar-refractivity contribution in [2.75, 3.05) is 11.1 Å². The van der Waals surface area contributed by atoms with Crippen LogP contribution < -0.4 is 5.32 Å². The molecule has 0 spiro atoms. The highest BCUT2D eigenvalue weighted by molar-refractivity contribution is 7.99. The Kier molecular flexibility index (Phi) is 4.45. The number of anilines is 1. The molecule has 0 radical (unpaired) electrons. The zero-order valence-electron chi connectivity index (χ0n) is 13.7. The summed E-state index contributed by atoms with van der Waals surface area (Å²) in [5, 5.41) is 4.61. The van der Waals surface area contributed by atoms with E-state index >= 15 is 0 Å². The van der Waals surface area contributed by atoms with E-state index in [4.69, 9.17) is 0 Å². The molecule has 7 heteroatoms. The van der Waals surface area contributed by atoms with Crippen LogP contribution in [0, 0.1) is 6.92 Å². The quantitative estimate of drug-likeness (QED) is 0.466. The molecule has 0 saturated heterocycles. The predicted octanol–water partition coefficient (Wildman–Crippen LogP) is 5.58. The molecule has 0 aliphatic heterocycles. The lowest BCUT2D eigenvalue weighted by molar-refractivity contribution is 0.102. The zero-order chi connectivity index (χ0) is 17.4. The lowest BCUT2D eigenvalue weighted by Crippen LogP contribution is -2.12. The number of nitrogens with zero attached hydrogens (tertiary/aromatic N) is 2. The molecule has 4 aromatic rings. The average Bonchev–Trinajstić information content (AvgIpc) is 3.17. The van der Waals surface area contributed by atoms with E-state index in [0.717, 1.165) is 36.1 Å². The van der Waals surface area contributed by atoms with Crippen LogP contribution in [-0.2, 0) is 0 Å². The van der Waals surface area contributed by atoms with Crippen molar-refractivity contribution in [3.8, 4) is 0 Å². The number of hydrogen-bond acceptors (Lipinski definition) is 6. The van der Waals surface area contributed by atoms with Gasteiger partial charge in [-0.05, 0) is 36.9 Å². The maximum atomic E-state index is 12.7. The standard InChI is InChI=1S/C18H15N3OS3/c1-3-23-14-7-5-4-6-11(14)17(22)21-18-20-13-9-8-12-15(16(13)25-18)24-10(2)19-12/h4-9H,3H2,1-2H3,(H,20,21,22). The van der Waals surface area contributed by atoms with Crippen LogP contribution >= 0.6 is 34.4 Å². The number of rotatable bonds is 4. The Morgan fingerprint density at radius 2 is 1.80 bits per heavy atom. The van der Waals surface area contributed by atoms with Crippen LogP contribution in [0.2, 0.25) is 0 Å². The summed E-state index contributed by atoms with van der Waals surface area (Å²) < 4.78 is 2.21. The smallest absolute Gasteiger partial charge is 0.258 e. The molecule has 0 bridgehead atoms. The van der Waals surface area contributed by atoms with Gasteiger partial charge in [-0.3, -0.25) is 10.1 Å². The lowest BCUT2D eigenvalue weighted by atomic mass is 10.2. The highest BCUT2D eigenvalue weighted by Crippen LogP contribution is 2.36. The van der Waals surface area contributed by atoms with Gasteiger partial charge < -0.3 is 0 Å². The van der Waals surface area contributed by atoms with Gasteiger partial charge in [-0.15, -0.1) is 23.1 Å². The second-order valence-corrected chi connectivity index (χ2v) is 8.91. The fourth-order valence-electron chi connectivity index (χ4n) is 2.64. The second-order valence-electron chi connectivity index (χ2n) is 5.40. The third-order valence-corrected chi connectivity index (χ3v) is 6.76. The maximum Gasteiger partial charge on any atom is 0.258 e. The van der Waals surface area contributed by atoms with Gasteiger partial charge in [0.25, 0.3) is 5.91 Å². The molecular formula is C18H15N3OS3. The monoisotopic (exact) mass is 385 g/mol. The van der Waals surface area contributed by atoms with Gasteiger partial charge in [-0.1, -0.05) is 30.4 Å². The Balaban J connectivity index is 1.69. The van der Waals surface area contributed by atoms with Gasteiger partial charge in [0.15, 0.2) is 5.13 Å². The van der Waals surface area contributed by atoms with E-state index in [1.54, 1.807) is 23.1 Å². The maximum absolute atomic E-state index is 12.7. The summed E-state index contributed by atoms with van der Waals surface area (Å²) in [6.45, 7) is 4.08. The van der Waals surface area contributed by atoms with Gasteiger partial charge in [-0.25, -0.2) is 9.97 Å². The van der Waals surface area contributed by atoms with Crippen LogP contribution in [-0.4, -0.2) is 21.6 Å². The molecule has 4 nitrogen and oxygen atoms in total. The van der Waals surface area contributed by atoms with Crippen LogP contribution in [0.3, 0.4) is 0 Å². The minimum Gasteiger partial charge on any atom is -0.298 e. The number of amides is 1. The zero-order valence-corrected chi connectivity index (χ0v) is 16.1. The number of fused-ring (bicyclic) bond motifs is 3. The van der Waals surface area contributed by atoms with Crippen molar-refractivity contribution in [3.05, 3.63) is 47.0 Å². The second kappa shape index (κ2) is 6.74. The van der Waals surface area contributed by atoms with Crippen molar-refractivity contribution in [2.45, 2.75) is 18.7 Å². The Labute approximate surface area is 157 Å². The highest BCUT2D eigenvalue weighted by atomic mass is 32.2. The molecule has 0 aliphatic rings. The number of hydrogen-bond donors (Lipinski definition) is 1. The first-order chi connectivity index (χ1) is 12.2. The largest absolute Gasteiger partial charge is 0.298 e. The molecule has 0 atom stereocenters. The number of aryl methyl sites for hydroxylation is 1. The number of carbonyl (C=O) groups excluding carboxylic acids is 1. The van der Waals surface area contributed by atoms with Crippen LogP contribution in [0.25, 0.3) is 20.4 Å². The van der Waals surface area contributed by atoms with E-state index in [1.807, 2.05) is 43.3 Å². The van der Waals surface area contributed by atoms with Crippen LogP contribution in [0.4, 0.5) is 5.13 Å². The predicted molar refractivity (Wildman–Crippen MR) is 108 cm³/mol. The number of carbonyl (C=O) groups is 1. The molecule has 0 fully saturated rings. The van der Waals surface area contributed by atoms with Gasteiger partial charge in [0.1, 0.15) is 0 Å². The van der Waals surface area contributed by atoms with Crippen molar-refractivity contribution < 1.29 is 4.79 Å². The van der Waals surface area contributed by atoms with E-state index in [9.17, 15) is 4.79 Å². The summed E-state index contributed by atoms with van der Waals surface area (Å²) in [7, 11) is 0. The summed E-state index contributed by atoms with van der Waals surface area (Å²) in [4.78, 5) is 22.8. The number of benzene rings is 2. The van der Waals surface area contributed by atoms with Crippen LogP contribution in [0.1, 0.15) is 22.3 Å². The van der Waals surface area contributed by atoms with Gasteiger partial charge in [-0.2, -0.15) is 0 Å². The minimum atomic E-state index is -0.118. The first kappa shape index (κ1) is 16.5. The first-order valence-electron chi connectivity index (χ1n) is 7.85. The van der Waals surface area contributed by atoms with E-state index in [-0.39, 0.29) is 5.91 Å². The van der Waals surface area contributed by atoms with Crippen LogP contribution in [0.15, 0.2) is 41.3 Å². The van der Waals surface area contributed by atoms with E-state index in [0.29, 0.717) is 10.7 Å². The summed E-state index contributed by atoms with van der Waals surface area (Å²) in [6.07, 6.45) is 0. The van der Waals surface area contributed by atoms with Crippen molar-refractivity contribution in [2.24, 2.45) is 0 Å². The summed E-state index contributed by atoms with van der Waals surface area (Å²) >= 11 is 4.83. The lowest BCUT2D eigenvalue weighted by Gasteiger charge is -2.07. The third kappa shape index (κ3) is 3.15. The molecule has 4 rings (SSSR count). The Morgan fingerprint density at radius 3 is 2.60 bits per heavy atom. The van der Waals surface area contributed by atoms with Gasteiger partial charge in [0, 0.05) is 4.90 Å². The fraction of sp³-hybridized carbons (Fsp3) is 0.167. The Morgan fingerprint density at radius 1 is 1.08 bits per heavy atom. The topological polar surface area (TPSA) is 54.9 Å². The normalized spacial score (nSPS) is 11.3. The molecule has 126 valence electrons. The summed E-state index contributed by atoms with van der Waals surface area (Å²) in [6, 6.07) is 11.6. The highest BCUT2D eigenvalue weighted by Gasteiger charge is 2.15. The molecule has 1 N–H and O–H groups in total. The molecule has 2 aromatic carbocycles. The molecule has 0 saturated carbocycles. The molecule has 25 heavy (non-hydrogen) atoms. The van der Waals surface area contributed by atoms with E-state index in [2.05, 4.69) is 22.2 Å². The molecule has 2 heterocycles. The molecule has 1 amide bonds. The first-order valence-corrected chi connectivity index (χ1v) is 10.5. The van der Waals surface area contributed by atoms with Crippen molar-refractivity contribution in [1.29, 1.82) is 0 Å². The van der Waals surface area contributed by atoms with Crippen molar-refractivity contribution >= 4 is 65.9 Å².